The predicted octanol–water partition coefficient (Wildman–Crippen LogP) is 4.22. The Morgan fingerprint density at radius 2 is 1.69 bits per heavy atom. The molecule has 16 heavy (non-hydrogen) atoms. The van der Waals surface area contributed by atoms with Crippen molar-refractivity contribution in [3.8, 4) is 12.3 Å². The molecule has 0 aliphatic heterocycles. The van der Waals surface area contributed by atoms with Gasteiger partial charge in [-0.15, -0.1) is 12.3 Å². The van der Waals surface area contributed by atoms with Gasteiger partial charge >= 0.3 is 6.18 Å². The van der Waals surface area contributed by atoms with Crippen LogP contribution >= 0.6 is 0 Å². The minimum absolute atomic E-state index is 0. The molecule has 0 aliphatic rings. The van der Waals surface area contributed by atoms with Crippen LogP contribution in [0, 0.1) is 61.7 Å². The summed E-state index contributed by atoms with van der Waals surface area (Å²) in [6.45, 7) is 7.76. The summed E-state index contributed by atoms with van der Waals surface area (Å²) in [5.74, 6) is 2.83. The topological polar surface area (TPSA) is 0 Å². The number of rotatable bonds is 5. The zero-order valence-electron chi connectivity index (χ0n) is 9.82. The second kappa shape index (κ2) is 7.67. The third kappa shape index (κ3) is 9.62. The van der Waals surface area contributed by atoms with Crippen LogP contribution < -0.4 is 0 Å². The zero-order valence-corrected chi connectivity index (χ0v) is 14.0. The molecule has 0 aromatic rings. The van der Waals surface area contributed by atoms with Crippen molar-refractivity contribution in [1.82, 2.24) is 0 Å². The number of terminal acetylenes is 1. The Labute approximate surface area is 120 Å². The van der Waals surface area contributed by atoms with E-state index in [9.17, 15) is 13.2 Å². The maximum absolute atomic E-state index is 12.0. The molecule has 0 amide bonds. The van der Waals surface area contributed by atoms with E-state index in [2.05, 4.69) is 12.8 Å². The molecule has 0 aromatic heterocycles. The van der Waals surface area contributed by atoms with Gasteiger partial charge in [-0.25, -0.2) is 0 Å². The average molecular weight is 457 g/mol. The quantitative estimate of drug-likeness (QED) is 0.429. The van der Waals surface area contributed by atoms with E-state index in [1.807, 2.05) is 13.8 Å². The standard InChI is InChI=1S/C12H18F3.U/c1-5-11(4,7-6-10(2)3)8-9-12(13,14)15;/h1,10H,4,6-9H2,2-3H3;/q-1;. The van der Waals surface area contributed by atoms with Gasteiger partial charge in [-0.2, -0.15) is 13.2 Å². The van der Waals surface area contributed by atoms with Gasteiger partial charge in [0.15, 0.2) is 0 Å². The minimum atomic E-state index is -4.14. The average Bonchev–Trinajstić information content (AvgIpc) is 2.10. The summed E-state index contributed by atoms with van der Waals surface area (Å²) in [6, 6.07) is 0. The molecule has 0 heterocycles. The Bertz CT molecular complexity index is 227. The van der Waals surface area contributed by atoms with E-state index < -0.39 is 18.0 Å². The third-order valence-corrected chi connectivity index (χ3v) is 2.39. The van der Waals surface area contributed by atoms with Gasteiger partial charge in [-0.05, 0) is 5.92 Å². The van der Waals surface area contributed by atoms with Crippen LogP contribution in [0.5, 0.6) is 0 Å². The van der Waals surface area contributed by atoms with Crippen LogP contribution in [0.25, 0.3) is 0 Å². The number of alkyl halides is 3. The van der Waals surface area contributed by atoms with Crippen LogP contribution in [0.1, 0.15) is 39.5 Å². The fourth-order valence-corrected chi connectivity index (χ4v) is 1.22. The summed E-state index contributed by atoms with van der Waals surface area (Å²) in [4.78, 5) is 0. The molecule has 1 atom stereocenters. The largest absolute Gasteiger partial charge is 0.389 e. The van der Waals surface area contributed by atoms with Crippen LogP contribution in [0.4, 0.5) is 13.2 Å². The summed E-state index contributed by atoms with van der Waals surface area (Å²) in [6.07, 6.45) is 1.53. The van der Waals surface area contributed by atoms with Gasteiger partial charge in [0.2, 0.25) is 0 Å². The smallest absolute Gasteiger partial charge is 0.325 e. The van der Waals surface area contributed by atoms with E-state index in [-0.39, 0.29) is 37.5 Å². The Balaban J connectivity index is 0. The van der Waals surface area contributed by atoms with Crippen LogP contribution in [0.3, 0.4) is 0 Å². The van der Waals surface area contributed by atoms with Gasteiger partial charge in [-0.3, -0.25) is 0 Å². The molecule has 0 rings (SSSR count). The van der Waals surface area contributed by atoms with E-state index in [0.29, 0.717) is 12.3 Å². The Hall–Kier alpha value is 0.402. The molecule has 0 aliphatic carbocycles. The molecule has 0 fully saturated rings. The van der Waals surface area contributed by atoms with Crippen LogP contribution in [-0.2, 0) is 0 Å². The van der Waals surface area contributed by atoms with E-state index in [4.69, 9.17) is 6.42 Å². The monoisotopic (exact) mass is 457 g/mol. The van der Waals surface area contributed by atoms with Gasteiger partial charge < -0.3 is 6.92 Å². The van der Waals surface area contributed by atoms with E-state index >= 15 is 0 Å². The van der Waals surface area contributed by atoms with Crippen LogP contribution in [-0.4, -0.2) is 6.18 Å². The van der Waals surface area contributed by atoms with Crippen LogP contribution in [0.2, 0.25) is 0 Å². The van der Waals surface area contributed by atoms with Crippen molar-refractivity contribution < 1.29 is 44.3 Å². The molecule has 0 spiro atoms. The van der Waals surface area contributed by atoms with Crippen molar-refractivity contribution in [2.75, 3.05) is 0 Å². The second-order valence-electron chi connectivity index (χ2n) is 4.47. The van der Waals surface area contributed by atoms with Gasteiger partial charge in [-0.1, -0.05) is 38.5 Å². The normalized spacial score (nSPS) is 15.1. The molecule has 0 nitrogen and oxygen atoms in total. The summed E-state index contributed by atoms with van der Waals surface area (Å²) in [5, 5.41) is 0. The minimum Gasteiger partial charge on any atom is -0.325 e. The van der Waals surface area contributed by atoms with Crippen molar-refractivity contribution in [3.05, 3.63) is 6.92 Å². The van der Waals surface area contributed by atoms with Gasteiger partial charge in [0, 0.05) is 37.5 Å². The molecule has 0 bridgehead atoms. The third-order valence-electron chi connectivity index (χ3n) is 2.39. The van der Waals surface area contributed by atoms with Crippen molar-refractivity contribution in [2.24, 2.45) is 11.3 Å². The number of halogens is 3. The van der Waals surface area contributed by atoms with Crippen molar-refractivity contribution >= 4 is 0 Å². The van der Waals surface area contributed by atoms with E-state index in [1.54, 1.807) is 0 Å². The van der Waals surface area contributed by atoms with Gasteiger partial charge in [0.25, 0.3) is 0 Å². The summed E-state index contributed by atoms with van der Waals surface area (Å²) in [7, 11) is 0. The maximum atomic E-state index is 12.0. The summed E-state index contributed by atoms with van der Waals surface area (Å²) >= 11 is 0. The molecule has 0 aromatic carbocycles. The second-order valence-corrected chi connectivity index (χ2v) is 4.47. The van der Waals surface area contributed by atoms with Gasteiger partial charge in [0.05, 0.1) is 0 Å². The number of hydrogen-bond acceptors (Lipinski definition) is 0. The summed E-state index contributed by atoms with van der Waals surface area (Å²) < 4.78 is 36.1. The van der Waals surface area contributed by atoms with Crippen molar-refractivity contribution in [1.29, 1.82) is 0 Å². The molecule has 4 heteroatoms. The Morgan fingerprint density at radius 1 is 1.19 bits per heavy atom. The predicted molar refractivity (Wildman–Crippen MR) is 56.0 cm³/mol. The van der Waals surface area contributed by atoms with Crippen molar-refractivity contribution in [2.45, 2.75) is 45.7 Å². The fourth-order valence-electron chi connectivity index (χ4n) is 1.22. The zero-order chi connectivity index (χ0) is 12.1. The summed E-state index contributed by atoms with van der Waals surface area (Å²) in [5.41, 5.74) is -0.861. The first-order valence-electron chi connectivity index (χ1n) is 5.08. The molecule has 1 unspecified atom stereocenters. The first kappa shape index (κ1) is 18.8. The van der Waals surface area contributed by atoms with Crippen molar-refractivity contribution in [3.63, 3.8) is 0 Å². The maximum Gasteiger partial charge on any atom is 0.389 e. The van der Waals surface area contributed by atoms with Crippen LogP contribution in [0.15, 0.2) is 0 Å². The first-order valence-corrected chi connectivity index (χ1v) is 5.08. The molecule has 0 N–H and O–H groups in total. The number of hydrogen-bond donors (Lipinski definition) is 0. The Kier molecular flexibility index (Phi) is 9.00. The Morgan fingerprint density at radius 3 is 2.00 bits per heavy atom. The molecule has 0 radical (unpaired) electrons. The van der Waals surface area contributed by atoms with Gasteiger partial charge in [0.1, 0.15) is 0 Å². The SMILES string of the molecule is C#CC([CH2-])(CCC(C)C)CCC(F)(F)F.[U]. The molecular weight excluding hydrogens is 439 g/mol. The molecule has 0 saturated carbocycles. The molecule has 92 valence electrons. The van der Waals surface area contributed by atoms with E-state index in [1.165, 1.54) is 0 Å². The molecular formula is C12H18F3U-. The first-order chi connectivity index (χ1) is 6.68. The van der Waals surface area contributed by atoms with E-state index in [0.717, 1.165) is 6.42 Å². The molecule has 0 saturated heterocycles. The fraction of sp³-hybridized carbons (Fsp3) is 0.750.